The fourth-order valence-electron chi connectivity index (χ4n) is 1.75. The Morgan fingerprint density at radius 1 is 1.38 bits per heavy atom. The number of thiazole rings is 1. The van der Waals surface area contributed by atoms with Gasteiger partial charge in [-0.1, -0.05) is 19.1 Å². The van der Waals surface area contributed by atoms with E-state index in [1.807, 2.05) is 6.20 Å². The number of hydrogen-bond acceptors (Lipinski definition) is 3. The zero-order chi connectivity index (χ0) is 11.5. The van der Waals surface area contributed by atoms with Crippen molar-refractivity contribution < 1.29 is 4.74 Å². The Bertz CT molecular complexity index is 490. The number of hydrogen-bond donors (Lipinski definition) is 0. The number of aryl methyl sites for hydroxylation is 2. The van der Waals surface area contributed by atoms with Gasteiger partial charge in [-0.3, -0.25) is 0 Å². The van der Waals surface area contributed by atoms with Crippen molar-refractivity contribution in [3.63, 3.8) is 0 Å². The van der Waals surface area contributed by atoms with Crippen LogP contribution in [0.5, 0.6) is 5.75 Å². The summed E-state index contributed by atoms with van der Waals surface area (Å²) in [6.07, 6.45) is 2.87. The Morgan fingerprint density at radius 2 is 2.19 bits per heavy atom. The van der Waals surface area contributed by atoms with Crippen LogP contribution in [0.2, 0.25) is 0 Å². The molecule has 2 nitrogen and oxygen atoms in total. The maximum Gasteiger partial charge on any atom is 0.132 e. The highest BCUT2D eigenvalue weighted by molar-refractivity contribution is 7.15. The van der Waals surface area contributed by atoms with Crippen molar-refractivity contribution >= 4 is 11.3 Å². The van der Waals surface area contributed by atoms with Crippen molar-refractivity contribution in [3.8, 4) is 16.3 Å². The van der Waals surface area contributed by atoms with Crippen LogP contribution in [-0.2, 0) is 6.42 Å². The van der Waals surface area contributed by atoms with Gasteiger partial charge in [0.1, 0.15) is 10.8 Å². The van der Waals surface area contributed by atoms with E-state index >= 15 is 0 Å². The summed E-state index contributed by atoms with van der Waals surface area (Å²) in [5.74, 6) is 0.958. The molecular formula is C13H15NOS. The zero-order valence-corrected chi connectivity index (χ0v) is 10.6. The van der Waals surface area contributed by atoms with Crippen LogP contribution in [0.25, 0.3) is 10.6 Å². The molecule has 0 amide bonds. The first-order chi connectivity index (χ1) is 7.76. The lowest BCUT2D eigenvalue weighted by Gasteiger charge is -2.10. The van der Waals surface area contributed by atoms with E-state index in [0.29, 0.717) is 0 Å². The quantitative estimate of drug-likeness (QED) is 0.806. The molecule has 0 saturated carbocycles. The molecule has 1 heterocycles. The van der Waals surface area contributed by atoms with Crippen LogP contribution in [0.3, 0.4) is 0 Å². The summed E-state index contributed by atoms with van der Waals surface area (Å²) in [7, 11) is 1.72. The molecular weight excluding hydrogens is 218 g/mol. The fraction of sp³-hybridized carbons (Fsp3) is 0.308. The highest BCUT2D eigenvalue weighted by Gasteiger charge is 2.11. The van der Waals surface area contributed by atoms with Crippen molar-refractivity contribution in [2.45, 2.75) is 20.3 Å². The number of nitrogens with zero attached hydrogens (tertiary/aromatic N) is 1. The molecule has 0 N–H and O–H groups in total. The zero-order valence-electron chi connectivity index (χ0n) is 9.78. The predicted molar refractivity (Wildman–Crippen MR) is 68.2 cm³/mol. The van der Waals surface area contributed by atoms with Gasteiger partial charge in [0.2, 0.25) is 0 Å². The summed E-state index contributed by atoms with van der Waals surface area (Å²) in [4.78, 5) is 5.63. The molecule has 0 atom stereocenters. The lowest BCUT2D eigenvalue weighted by molar-refractivity contribution is 0.412. The first kappa shape index (κ1) is 11.1. The number of ether oxygens (including phenoxy) is 1. The van der Waals surface area contributed by atoms with Gasteiger partial charge in [-0.15, -0.1) is 11.3 Å². The Balaban J connectivity index is 2.56. The van der Waals surface area contributed by atoms with Gasteiger partial charge < -0.3 is 4.74 Å². The molecule has 0 spiro atoms. The standard InChI is InChI=1S/C13H15NOS/c1-4-10-6-5-7-11(12(10)15-3)13-14-8-9(2)16-13/h5-8H,4H2,1-3H3. The van der Waals surface area contributed by atoms with Crippen LogP contribution in [-0.4, -0.2) is 12.1 Å². The molecule has 1 aromatic heterocycles. The van der Waals surface area contributed by atoms with Gasteiger partial charge in [0.05, 0.1) is 12.7 Å². The topological polar surface area (TPSA) is 22.1 Å². The highest BCUT2D eigenvalue weighted by atomic mass is 32.1. The normalized spacial score (nSPS) is 10.4. The number of para-hydroxylation sites is 1. The molecule has 0 radical (unpaired) electrons. The molecule has 16 heavy (non-hydrogen) atoms. The van der Waals surface area contributed by atoms with Crippen molar-refractivity contribution in [1.82, 2.24) is 4.98 Å². The lowest BCUT2D eigenvalue weighted by Crippen LogP contribution is -1.93. The number of aromatic nitrogens is 1. The largest absolute Gasteiger partial charge is 0.496 e. The smallest absolute Gasteiger partial charge is 0.132 e. The van der Waals surface area contributed by atoms with Gasteiger partial charge in [0.25, 0.3) is 0 Å². The minimum Gasteiger partial charge on any atom is -0.496 e. The van der Waals surface area contributed by atoms with E-state index in [-0.39, 0.29) is 0 Å². The lowest BCUT2D eigenvalue weighted by atomic mass is 10.1. The second-order valence-electron chi connectivity index (χ2n) is 3.63. The summed E-state index contributed by atoms with van der Waals surface area (Å²) in [6, 6.07) is 6.23. The predicted octanol–water partition coefficient (Wildman–Crippen LogP) is 3.69. The summed E-state index contributed by atoms with van der Waals surface area (Å²) in [5.41, 5.74) is 2.33. The molecule has 84 valence electrons. The summed E-state index contributed by atoms with van der Waals surface area (Å²) in [5, 5.41) is 1.03. The number of rotatable bonds is 3. The van der Waals surface area contributed by atoms with Crippen LogP contribution in [0.1, 0.15) is 17.4 Å². The van der Waals surface area contributed by atoms with E-state index in [1.165, 1.54) is 10.4 Å². The third-order valence-electron chi connectivity index (χ3n) is 2.53. The first-order valence-corrected chi connectivity index (χ1v) is 6.16. The van der Waals surface area contributed by atoms with Gasteiger partial charge in [-0.25, -0.2) is 4.98 Å². The SMILES string of the molecule is CCc1cccc(-c2ncc(C)s2)c1OC. The summed E-state index contributed by atoms with van der Waals surface area (Å²) < 4.78 is 5.50. The molecule has 0 unspecified atom stereocenters. The third-order valence-corrected chi connectivity index (χ3v) is 3.48. The van der Waals surface area contributed by atoms with Crippen LogP contribution in [0.4, 0.5) is 0 Å². The highest BCUT2D eigenvalue weighted by Crippen LogP contribution is 2.35. The van der Waals surface area contributed by atoms with Crippen LogP contribution >= 0.6 is 11.3 Å². The Morgan fingerprint density at radius 3 is 2.75 bits per heavy atom. The average Bonchev–Trinajstić information content (AvgIpc) is 2.74. The molecule has 0 aliphatic rings. The molecule has 2 aromatic rings. The van der Waals surface area contributed by atoms with E-state index in [4.69, 9.17) is 4.74 Å². The van der Waals surface area contributed by atoms with Crippen molar-refractivity contribution in [1.29, 1.82) is 0 Å². The monoisotopic (exact) mass is 233 g/mol. The summed E-state index contributed by atoms with van der Waals surface area (Å²) >= 11 is 1.70. The summed E-state index contributed by atoms with van der Waals surface area (Å²) in [6.45, 7) is 4.20. The van der Waals surface area contributed by atoms with Crippen LogP contribution < -0.4 is 4.74 Å². The van der Waals surface area contributed by atoms with Crippen molar-refractivity contribution in [2.24, 2.45) is 0 Å². The van der Waals surface area contributed by atoms with Crippen molar-refractivity contribution in [2.75, 3.05) is 7.11 Å². The molecule has 0 aliphatic heterocycles. The molecule has 0 saturated heterocycles. The van der Waals surface area contributed by atoms with Gasteiger partial charge in [-0.2, -0.15) is 0 Å². The molecule has 3 heteroatoms. The van der Waals surface area contributed by atoms with Crippen LogP contribution in [0.15, 0.2) is 24.4 Å². The van der Waals surface area contributed by atoms with E-state index in [1.54, 1.807) is 18.4 Å². The minimum absolute atomic E-state index is 0.958. The molecule has 0 bridgehead atoms. The molecule has 0 aliphatic carbocycles. The third kappa shape index (κ3) is 1.95. The van der Waals surface area contributed by atoms with Gasteiger partial charge >= 0.3 is 0 Å². The second-order valence-corrected chi connectivity index (χ2v) is 4.86. The molecule has 1 aromatic carbocycles. The van der Waals surface area contributed by atoms with E-state index < -0.39 is 0 Å². The first-order valence-electron chi connectivity index (χ1n) is 5.35. The number of methoxy groups -OCH3 is 1. The van der Waals surface area contributed by atoms with Crippen LogP contribution in [0, 0.1) is 6.92 Å². The average molecular weight is 233 g/mol. The van der Waals surface area contributed by atoms with Gasteiger partial charge in [-0.05, 0) is 25.0 Å². The maximum absolute atomic E-state index is 5.50. The molecule has 0 fully saturated rings. The fourth-order valence-corrected chi connectivity index (χ4v) is 2.54. The van der Waals surface area contributed by atoms with Gasteiger partial charge in [0.15, 0.2) is 0 Å². The number of benzene rings is 1. The van der Waals surface area contributed by atoms with Crippen molar-refractivity contribution in [3.05, 3.63) is 34.8 Å². The maximum atomic E-state index is 5.50. The van der Waals surface area contributed by atoms with E-state index in [2.05, 4.69) is 37.0 Å². The van der Waals surface area contributed by atoms with Gasteiger partial charge in [0, 0.05) is 11.1 Å². The van der Waals surface area contributed by atoms with E-state index in [0.717, 1.165) is 22.7 Å². The van der Waals surface area contributed by atoms with E-state index in [9.17, 15) is 0 Å². The molecule has 2 rings (SSSR count). The minimum atomic E-state index is 0.958. The Kier molecular flexibility index (Phi) is 3.25. The Hall–Kier alpha value is -1.35. The second kappa shape index (κ2) is 4.66. The Labute approximate surface area is 99.9 Å².